The predicted molar refractivity (Wildman–Crippen MR) is 80.9 cm³/mol. The highest BCUT2D eigenvalue weighted by Gasteiger charge is 2.17. The van der Waals surface area contributed by atoms with Gasteiger partial charge in [0.05, 0.1) is 5.69 Å². The van der Waals surface area contributed by atoms with Gasteiger partial charge in [-0.05, 0) is 30.3 Å². The number of amides is 3. The van der Waals surface area contributed by atoms with Crippen LogP contribution in [-0.2, 0) is 9.59 Å². The maximum Gasteiger partial charge on any atom is 0.257 e. The average molecular weight is 339 g/mol. The largest absolute Gasteiger partial charge is 0.351 e. The molecular weight excluding hydrogens is 324 g/mol. The van der Waals surface area contributed by atoms with Crippen molar-refractivity contribution in [3.8, 4) is 0 Å². The fraction of sp³-hybridized carbons (Fsp3) is 0.214. The lowest BCUT2D eigenvalue weighted by atomic mass is 10.1. The number of nitrogens with zero attached hydrogens (tertiary/aromatic N) is 1. The minimum absolute atomic E-state index is 0.208. The first-order valence-electron chi connectivity index (χ1n) is 5.92. The summed E-state index contributed by atoms with van der Waals surface area (Å²) in [6, 6.07) is 6.22. The Morgan fingerprint density at radius 1 is 1.30 bits per heavy atom. The smallest absolute Gasteiger partial charge is 0.257 e. The van der Waals surface area contributed by atoms with Gasteiger partial charge in [-0.2, -0.15) is 0 Å². The molecule has 0 unspecified atom stereocenters. The number of carbonyl (C=O) groups excluding carboxylic acids is 3. The van der Waals surface area contributed by atoms with E-state index in [9.17, 15) is 14.4 Å². The van der Waals surface area contributed by atoms with E-state index in [4.69, 9.17) is 0 Å². The number of halogens is 1. The van der Waals surface area contributed by atoms with Crippen molar-refractivity contribution in [2.75, 3.05) is 16.8 Å². The molecule has 6 heteroatoms. The van der Waals surface area contributed by atoms with Crippen LogP contribution in [-0.4, -0.2) is 29.6 Å². The summed E-state index contributed by atoms with van der Waals surface area (Å²) in [7, 11) is 0. The van der Waals surface area contributed by atoms with Crippen LogP contribution < -0.4 is 10.2 Å². The molecule has 0 saturated heterocycles. The van der Waals surface area contributed by atoms with Gasteiger partial charge in [0, 0.05) is 24.4 Å². The van der Waals surface area contributed by atoms with Crippen molar-refractivity contribution in [3.63, 3.8) is 0 Å². The number of rotatable bonds is 5. The first-order valence-corrected chi connectivity index (χ1v) is 7.04. The lowest BCUT2D eigenvalue weighted by Gasteiger charge is -2.17. The van der Waals surface area contributed by atoms with Crippen molar-refractivity contribution in [2.24, 2.45) is 0 Å². The molecule has 0 aromatic heterocycles. The number of imide groups is 1. The van der Waals surface area contributed by atoms with Crippen LogP contribution in [0.3, 0.4) is 0 Å². The summed E-state index contributed by atoms with van der Waals surface area (Å²) in [5, 5.41) is 3.37. The van der Waals surface area contributed by atoms with Crippen LogP contribution in [0.25, 0.3) is 0 Å². The first kappa shape index (κ1) is 16.1. The Morgan fingerprint density at radius 3 is 2.35 bits per heavy atom. The van der Waals surface area contributed by atoms with Crippen LogP contribution in [0.4, 0.5) is 5.69 Å². The summed E-state index contributed by atoms with van der Waals surface area (Å²) in [6.07, 6.45) is 1.07. The molecule has 5 nitrogen and oxygen atoms in total. The molecule has 0 aliphatic heterocycles. The van der Waals surface area contributed by atoms with Gasteiger partial charge in [-0.15, -0.1) is 0 Å². The number of alkyl halides is 1. The van der Waals surface area contributed by atoms with Crippen molar-refractivity contribution in [3.05, 3.63) is 42.5 Å². The second-order valence-corrected chi connectivity index (χ2v) is 4.68. The van der Waals surface area contributed by atoms with Crippen LogP contribution in [0.5, 0.6) is 0 Å². The zero-order chi connectivity index (χ0) is 15.1. The molecule has 0 heterocycles. The van der Waals surface area contributed by atoms with E-state index in [0.717, 1.165) is 11.0 Å². The number of anilines is 1. The maximum absolute atomic E-state index is 11.7. The predicted octanol–water partition coefficient (Wildman–Crippen LogP) is 1.88. The van der Waals surface area contributed by atoms with E-state index in [2.05, 4.69) is 27.8 Å². The summed E-state index contributed by atoms with van der Waals surface area (Å²) in [5.41, 5.74) is 0.865. The third-order valence-corrected chi connectivity index (χ3v) is 2.87. The highest BCUT2D eigenvalue weighted by molar-refractivity contribution is 9.09. The number of carbonyl (C=O) groups is 3. The van der Waals surface area contributed by atoms with E-state index >= 15 is 0 Å². The molecule has 1 aromatic carbocycles. The van der Waals surface area contributed by atoms with Crippen molar-refractivity contribution < 1.29 is 14.4 Å². The van der Waals surface area contributed by atoms with Gasteiger partial charge in [-0.1, -0.05) is 22.5 Å². The second-order valence-electron chi connectivity index (χ2n) is 3.89. The molecule has 0 radical (unpaired) electrons. The molecule has 0 saturated carbocycles. The van der Waals surface area contributed by atoms with Crippen LogP contribution in [0.1, 0.15) is 17.3 Å². The van der Waals surface area contributed by atoms with E-state index in [0.29, 0.717) is 23.1 Å². The number of hydrogen-bond donors (Lipinski definition) is 1. The van der Waals surface area contributed by atoms with Gasteiger partial charge >= 0.3 is 0 Å². The normalized spacial score (nSPS) is 9.70. The Balaban J connectivity index is 2.94. The Labute approximate surface area is 125 Å². The topological polar surface area (TPSA) is 66.5 Å². The maximum atomic E-state index is 11.7. The molecule has 3 amide bonds. The Hall–Kier alpha value is -1.95. The van der Waals surface area contributed by atoms with Gasteiger partial charge in [-0.3, -0.25) is 14.4 Å². The number of nitrogens with one attached hydrogen (secondary N) is 1. The van der Waals surface area contributed by atoms with Crippen LogP contribution in [0.15, 0.2) is 36.9 Å². The molecule has 20 heavy (non-hydrogen) atoms. The second kappa shape index (κ2) is 7.59. The fourth-order valence-electron chi connectivity index (χ4n) is 1.58. The van der Waals surface area contributed by atoms with Crippen LogP contribution in [0.2, 0.25) is 0 Å². The molecule has 0 aliphatic rings. The van der Waals surface area contributed by atoms with Crippen molar-refractivity contribution in [2.45, 2.75) is 6.92 Å². The molecule has 0 fully saturated rings. The lowest BCUT2D eigenvalue weighted by molar-refractivity contribution is -0.122. The summed E-state index contributed by atoms with van der Waals surface area (Å²) in [4.78, 5) is 35.8. The van der Waals surface area contributed by atoms with E-state index in [1.54, 1.807) is 24.3 Å². The molecule has 0 atom stereocenters. The van der Waals surface area contributed by atoms with Gasteiger partial charge in [0.25, 0.3) is 11.8 Å². The average Bonchev–Trinajstić information content (AvgIpc) is 2.45. The highest BCUT2D eigenvalue weighted by atomic mass is 79.9. The van der Waals surface area contributed by atoms with Gasteiger partial charge < -0.3 is 5.32 Å². The van der Waals surface area contributed by atoms with Crippen LogP contribution in [0, 0.1) is 0 Å². The molecule has 1 N–H and O–H groups in total. The summed E-state index contributed by atoms with van der Waals surface area (Å²) in [5.74, 6) is -1.12. The third-order valence-electron chi connectivity index (χ3n) is 2.48. The molecule has 0 spiro atoms. The highest BCUT2D eigenvalue weighted by Crippen LogP contribution is 2.16. The minimum atomic E-state index is -0.506. The molecule has 0 bridgehead atoms. The standard InChI is InChI=1S/C14H15BrN2O3/c1-3-13(19)17(10(2)18)12-6-4-11(5-7-12)14(20)16-9-8-15/h3-7H,1,8-9H2,2H3,(H,16,20). The van der Waals surface area contributed by atoms with Crippen molar-refractivity contribution >= 4 is 39.3 Å². The Kier molecular flexibility index (Phi) is 6.11. The third kappa shape index (κ3) is 4.03. The van der Waals surface area contributed by atoms with Crippen molar-refractivity contribution in [1.29, 1.82) is 0 Å². The minimum Gasteiger partial charge on any atom is -0.351 e. The SMILES string of the molecule is C=CC(=O)N(C(C)=O)c1ccc(C(=O)NCCBr)cc1. The monoisotopic (exact) mass is 338 g/mol. The van der Waals surface area contributed by atoms with Gasteiger partial charge in [0.2, 0.25) is 5.91 Å². The van der Waals surface area contributed by atoms with E-state index in [1.807, 2.05) is 0 Å². The molecule has 1 rings (SSSR count). The van der Waals surface area contributed by atoms with Gasteiger partial charge in [0.1, 0.15) is 0 Å². The van der Waals surface area contributed by atoms with E-state index in [1.165, 1.54) is 6.92 Å². The van der Waals surface area contributed by atoms with Crippen LogP contribution >= 0.6 is 15.9 Å². The number of benzene rings is 1. The Morgan fingerprint density at radius 2 is 1.90 bits per heavy atom. The van der Waals surface area contributed by atoms with Crippen molar-refractivity contribution in [1.82, 2.24) is 5.32 Å². The zero-order valence-electron chi connectivity index (χ0n) is 11.1. The van der Waals surface area contributed by atoms with E-state index < -0.39 is 11.8 Å². The van der Waals surface area contributed by atoms with Gasteiger partial charge in [-0.25, -0.2) is 4.90 Å². The Bertz CT molecular complexity index is 526. The molecular formula is C14H15BrN2O3. The molecule has 106 valence electrons. The molecule has 1 aromatic rings. The quantitative estimate of drug-likeness (QED) is 0.658. The summed E-state index contributed by atoms with van der Waals surface area (Å²) >= 11 is 3.22. The first-order chi connectivity index (χ1) is 9.51. The summed E-state index contributed by atoms with van der Waals surface area (Å²) in [6.45, 7) is 5.17. The fourth-order valence-corrected chi connectivity index (χ4v) is 1.78. The van der Waals surface area contributed by atoms with Gasteiger partial charge in [0.15, 0.2) is 0 Å². The zero-order valence-corrected chi connectivity index (χ0v) is 12.6. The van der Waals surface area contributed by atoms with E-state index in [-0.39, 0.29) is 5.91 Å². The number of hydrogen-bond acceptors (Lipinski definition) is 3. The summed E-state index contributed by atoms with van der Waals surface area (Å²) < 4.78 is 0. The molecule has 0 aliphatic carbocycles. The lowest BCUT2D eigenvalue weighted by Crippen LogP contribution is -2.33.